The summed E-state index contributed by atoms with van der Waals surface area (Å²) in [5, 5.41) is 9.04. The zero-order valence-corrected chi connectivity index (χ0v) is 19.7. The van der Waals surface area contributed by atoms with Crippen molar-refractivity contribution in [2.45, 2.75) is 18.0 Å². The van der Waals surface area contributed by atoms with Crippen LogP contribution in [0.4, 0.5) is 4.39 Å². The van der Waals surface area contributed by atoms with Gasteiger partial charge in [-0.05, 0) is 53.6 Å². The van der Waals surface area contributed by atoms with Crippen molar-refractivity contribution in [3.63, 3.8) is 0 Å². The average molecular weight is 494 g/mol. The molecule has 0 spiro atoms. The Balaban J connectivity index is 1.64. The van der Waals surface area contributed by atoms with Crippen LogP contribution in [0.3, 0.4) is 0 Å². The van der Waals surface area contributed by atoms with Gasteiger partial charge >= 0.3 is 0 Å². The van der Waals surface area contributed by atoms with Gasteiger partial charge in [0.1, 0.15) is 5.82 Å². The monoisotopic (exact) mass is 493 g/mol. The fourth-order valence-corrected chi connectivity index (χ4v) is 5.32. The van der Waals surface area contributed by atoms with Crippen molar-refractivity contribution in [1.82, 2.24) is 9.21 Å². The van der Waals surface area contributed by atoms with Gasteiger partial charge in [-0.1, -0.05) is 30.3 Å². The van der Waals surface area contributed by atoms with E-state index in [-0.39, 0.29) is 36.6 Å². The Morgan fingerprint density at radius 1 is 0.971 bits per heavy atom. The molecule has 35 heavy (non-hydrogen) atoms. The minimum Gasteiger partial charge on any atom is -0.379 e. The topological polar surface area (TPSA) is 90.7 Å². The standard InChI is InChI=1S/C26H24FN3O4S/c27-24-5-1-3-22(15-24)19-29(18-21-9-7-20(17-28)8-10-21)26(31)23-4-2-6-25(16-23)35(32,33)30-11-13-34-14-12-30/h1-10,15-16H,11-14,18-19H2. The van der Waals surface area contributed by atoms with Crippen molar-refractivity contribution < 1.29 is 22.3 Å². The fraction of sp³-hybridized carbons (Fsp3) is 0.231. The van der Waals surface area contributed by atoms with Crippen LogP contribution in [0.15, 0.2) is 77.7 Å². The quantitative estimate of drug-likeness (QED) is 0.502. The van der Waals surface area contributed by atoms with Crippen LogP contribution in [0, 0.1) is 17.1 Å². The van der Waals surface area contributed by atoms with Crippen molar-refractivity contribution in [2.75, 3.05) is 26.3 Å². The number of benzene rings is 3. The minimum absolute atomic E-state index is 0.0364. The van der Waals surface area contributed by atoms with Crippen molar-refractivity contribution in [2.24, 2.45) is 0 Å². The van der Waals surface area contributed by atoms with Crippen molar-refractivity contribution >= 4 is 15.9 Å². The first-order valence-electron chi connectivity index (χ1n) is 11.1. The van der Waals surface area contributed by atoms with Gasteiger partial charge in [-0.25, -0.2) is 12.8 Å². The normalized spacial score (nSPS) is 14.3. The number of carbonyl (C=O) groups excluding carboxylic acids is 1. The average Bonchev–Trinajstić information content (AvgIpc) is 2.89. The minimum atomic E-state index is -3.77. The number of nitrogens with zero attached hydrogens (tertiary/aromatic N) is 3. The molecule has 0 bridgehead atoms. The van der Waals surface area contributed by atoms with Gasteiger partial charge in [0.15, 0.2) is 0 Å². The Kier molecular flexibility index (Phi) is 7.56. The predicted octanol–water partition coefficient (Wildman–Crippen LogP) is 3.56. The van der Waals surface area contributed by atoms with Crippen LogP contribution in [-0.4, -0.2) is 49.8 Å². The molecular weight excluding hydrogens is 469 g/mol. The van der Waals surface area contributed by atoms with E-state index >= 15 is 0 Å². The second-order valence-corrected chi connectivity index (χ2v) is 10.1. The van der Waals surface area contributed by atoms with E-state index in [1.807, 2.05) is 0 Å². The number of nitriles is 1. The van der Waals surface area contributed by atoms with E-state index in [1.165, 1.54) is 33.5 Å². The first kappa shape index (κ1) is 24.5. The molecule has 0 unspecified atom stereocenters. The van der Waals surface area contributed by atoms with Crippen LogP contribution in [0.25, 0.3) is 0 Å². The van der Waals surface area contributed by atoms with Gasteiger partial charge in [0.25, 0.3) is 5.91 Å². The lowest BCUT2D eigenvalue weighted by atomic mass is 10.1. The molecule has 0 radical (unpaired) electrons. The largest absolute Gasteiger partial charge is 0.379 e. The molecule has 0 aliphatic carbocycles. The summed E-state index contributed by atoms with van der Waals surface area (Å²) < 4.78 is 46.6. The molecule has 0 aromatic heterocycles. The number of hydrogen-bond donors (Lipinski definition) is 0. The van der Waals surface area contributed by atoms with E-state index in [2.05, 4.69) is 6.07 Å². The van der Waals surface area contributed by atoms with E-state index in [0.29, 0.717) is 24.3 Å². The lowest BCUT2D eigenvalue weighted by Gasteiger charge is -2.26. The number of rotatable bonds is 7. The van der Waals surface area contributed by atoms with Gasteiger partial charge in [-0.15, -0.1) is 0 Å². The van der Waals surface area contributed by atoms with Gasteiger partial charge in [0, 0.05) is 31.7 Å². The second kappa shape index (κ2) is 10.8. The molecule has 0 N–H and O–H groups in total. The summed E-state index contributed by atoms with van der Waals surface area (Å²) in [6, 6.07) is 20.8. The molecule has 1 saturated heterocycles. The fourth-order valence-electron chi connectivity index (χ4n) is 3.87. The summed E-state index contributed by atoms with van der Waals surface area (Å²) in [7, 11) is -3.77. The highest BCUT2D eigenvalue weighted by molar-refractivity contribution is 7.89. The Morgan fingerprint density at radius 2 is 1.66 bits per heavy atom. The third-order valence-corrected chi connectivity index (χ3v) is 7.59. The van der Waals surface area contributed by atoms with Crippen molar-refractivity contribution in [3.05, 3.63) is 101 Å². The predicted molar refractivity (Wildman–Crippen MR) is 127 cm³/mol. The summed E-state index contributed by atoms with van der Waals surface area (Å²) in [6.07, 6.45) is 0. The zero-order valence-electron chi connectivity index (χ0n) is 18.9. The number of hydrogen-bond acceptors (Lipinski definition) is 5. The number of sulfonamides is 1. The van der Waals surface area contributed by atoms with E-state index in [4.69, 9.17) is 10.00 Å². The van der Waals surface area contributed by atoms with Crippen LogP contribution in [0.2, 0.25) is 0 Å². The van der Waals surface area contributed by atoms with Crippen LogP contribution in [0.5, 0.6) is 0 Å². The summed E-state index contributed by atoms with van der Waals surface area (Å²) >= 11 is 0. The van der Waals surface area contributed by atoms with E-state index in [1.54, 1.807) is 48.5 Å². The molecule has 1 heterocycles. The molecule has 180 valence electrons. The summed E-state index contributed by atoms with van der Waals surface area (Å²) in [5.74, 6) is -0.801. The van der Waals surface area contributed by atoms with Gasteiger partial charge in [0.2, 0.25) is 10.0 Å². The maximum Gasteiger partial charge on any atom is 0.254 e. The molecule has 4 rings (SSSR count). The lowest BCUT2D eigenvalue weighted by molar-refractivity contribution is 0.0725. The molecule has 9 heteroatoms. The molecule has 3 aromatic rings. The van der Waals surface area contributed by atoms with Gasteiger partial charge in [-0.2, -0.15) is 9.57 Å². The first-order valence-corrected chi connectivity index (χ1v) is 12.5. The maximum absolute atomic E-state index is 13.8. The zero-order chi connectivity index (χ0) is 24.8. The molecular formula is C26H24FN3O4S. The summed E-state index contributed by atoms with van der Waals surface area (Å²) in [5.41, 5.74) is 2.09. The Labute approximate surface area is 204 Å². The number of morpholine rings is 1. The molecule has 1 amide bonds. The van der Waals surface area contributed by atoms with Crippen LogP contribution < -0.4 is 0 Å². The third-order valence-electron chi connectivity index (χ3n) is 5.69. The Bertz CT molecular complexity index is 1350. The van der Waals surface area contributed by atoms with Crippen LogP contribution >= 0.6 is 0 Å². The molecule has 1 aliphatic rings. The first-order chi connectivity index (χ1) is 16.9. The molecule has 0 saturated carbocycles. The highest BCUT2D eigenvalue weighted by atomic mass is 32.2. The molecule has 7 nitrogen and oxygen atoms in total. The SMILES string of the molecule is N#Cc1ccc(CN(Cc2cccc(F)c2)C(=O)c2cccc(S(=O)(=O)N3CCOCC3)c2)cc1. The second-order valence-electron chi connectivity index (χ2n) is 8.14. The van der Waals surface area contributed by atoms with Crippen molar-refractivity contribution in [1.29, 1.82) is 5.26 Å². The number of ether oxygens (including phenoxy) is 1. The lowest BCUT2D eigenvalue weighted by Crippen LogP contribution is -2.40. The summed E-state index contributed by atoms with van der Waals surface area (Å²) in [6.45, 7) is 1.47. The molecule has 1 aliphatic heterocycles. The number of halogens is 1. The Hall–Kier alpha value is -3.58. The van der Waals surface area contributed by atoms with Crippen molar-refractivity contribution in [3.8, 4) is 6.07 Å². The van der Waals surface area contributed by atoms with Crippen LogP contribution in [0.1, 0.15) is 27.0 Å². The number of amides is 1. The third kappa shape index (κ3) is 5.92. The van der Waals surface area contributed by atoms with E-state index < -0.39 is 21.7 Å². The Morgan fingerprint density at radius 3 is 2.34 bits per heavy atom. The van der Waals surface area contributed by atoms with Gasteiger partial charge in [-0.3, -0.25) is 4.79 Å². The highest BCUT2D eigenvalue weighted by Gasteiger charge is 2.27. The van der Waals surface area contributed by atoms with Gasteiger partial charge in [0.05, 0.1) is 29.7 Å². The molecule has 3 aromatic carbocycles. The smallest absolute Gasteiger partial charge is 0.254 e. The maximum atomic E-state index is 13.8. The number of carbonyl (C=O) groups is 1. The highest BCUT2D eigenvalue weighted by Crippen LogP contribution is 2.21. The molecule has 0 atom stereocenters. The van der Waals surface area contributed by atoms with E-state index in [0.717, 1.165) is 5.56 Å². The van der Waals surface area contributed by atoms with Gasteiger partial charge < -0.3 is 9.64 Å². The molecule has 1 fully saturated rings. The van der Waals surface area contributed by atoms with E-state index in [9.17, 15) is 17.6 Å². The summed E-state index contributed by atoms with van der Waals surface area (Å²) in [4.78, 5) is 15.1. The van der Waals surface area contributed by atoms with Crippen LogP contribution in [-0.2, 0) is 27.8 Å².